The Morgan fingerprint density at radius 3 is 2.86 bits per heavy atom. The molecule has 0 spiro atoms. The minimum Gasteiger partial charge on any atom is -0.381 e. The average molecular weight is 291 g/mol. The lowest BCUT2D eigenvalue weighted by Crippen LogP contribution is -2.44. The molecule has 7 nitrogen and oxygen atoms in total. The van der Waals surface area contributed by atoms with E-state index in [1.807, 2.05) is 13.8 Å². The van der Waals surface area contributed by atoms with E-state index in [9.17, 15) is 0 Å². The van der Waals surface area contributed by atoms with E-state index in [4.69, 9.17) is 9.47 Å². The van der Waals surface area contributed by atoms with Crippen LogP contribution in [-0.4, -0.2) is 52.1 Å². The molecule has 114 valence electrons. The third-order valence-corrected chi connectivity index (χ3v) is 4.32. The molecule has 0 unspecified atom stereocenters. The molecule has 0 amide bonds. The van der Waals surface area contributed by atoms with Gasteiger partial charge in [0, 0.05) is 51.0 Å². The first-order valence-electron chi connectivity index (χ1n) is 7.19. The Balaban J connectivity index is 1.87. The van der Waals surface area contributed by atoms with Gasteiger partial charge in [-0.3, -0.25) is 0 Å². The summed E-state index contributed by atoms with van der Waals surface area (Å²) in [5.74, 6) is 1.54. The number of methoxy groups -OCH3 is 1. The number of hydrogen-bond donors (Lipinski definition) is 1. The van der Waals surface area contributed by atoms with Crippen molar-refractivity contribution in [2.24, 2.45) is 0 Å². The molecule has 0 radical (unpaired) electrons. The van der Waals surface area contributed by atoms with Gasteiger partial charge in [0.25, 0.3) is 5.78 Å². The zero-order chi connectivity index (χ0) is 14.9. The van der Waals surface area contributed by atoms with Crippen molar-refractivity contribution in [2.45, 2.75) is 32.3 Å². The second-order valence-corrected chi connectivity index (χ2v) is 5.50. The standard InChI is InChI=1S/C14H21N5O2/c1-10-11(2)18-13-16-9-17-19(13)12(10)15-8-14(20-3)4-6-21-7-5-14/h9,15H,4-8H2,1-3H3. The summed E-state index contributed by atoms with van der Waals surface area (Å²) >= 11 is 0. The Hall–Kier alpha value is -1.73. The average Bonchev–Trinajstić information content (AvgIpc) is 2.96. The van der Waals surface area contributed by atoms with E-state index in [-0.39, 0.29) is 5.60 Å². The summed E-state index contributed by atoms with van der Waals surface area (Å²) in [6.45, 7) is 6.21. The Kier molecular flexibility index (Phi) is 3.77. The van der Waals surface area contributed by atoms with Gasteiger partial charge in [-0.25, -0.2) is 4.98 Å². The van der Waals surface area contributed by atoms with Gasteiger partial charge in [-0.1, -0.05) is 0 Å². The Morgan fingerprint density at radius 1 is 1.38 bits per heavy atom. The summed E-state index contributed by atoms with van der Waals surface area (Å²) in [6.07, 6.45) is 3.30. The van der Waals surface area contributed by atoms with E-state index >= 15 is 0 Å². The zero-order valence-corrected chi connectivity index (χ0v) is 12.7. The van der Waals surface area contributed by atoms with Crippen molar-refractivity contribution in [3.05, 3.63) is 17.6 Å². The van der Waals surface area contributed by atoms with Gasteiger partial charge in [0.05, 0.1) is 5.60 Å². The summed E-state index contributed by atoms with van der Waals surface area (Å²) in [6, 6.07) is 0. The minimum absolute atomic E-state index is 0.186. The minimum atomic E-state index is -0.186. The highest BCUT2D eigenvalue weighted by Gasteiger charge is 2.32. The molecule has 1 aliphatic heterocycles. The van der Waals surface area contributed by atoms with Crippen LogP contribution in [0.15, 0.2) is 6.33 Å². The summed E-state index contributed by atoms with van der Waals surface area (Å²) < 4.78 is 12.9. The fourth-order valence-corrected chi connectivity index (χ4v) is 2.68. The summed E-state index contributed by atoms with van der Waals surface area (Å²) in [7, 11) is 1.77. The van der Waals surface area contributed by atoms with Crippen molar-refractivity contribution in [1.82, 2.24) is 19.6 Å². The van der Waals surface area contributed by atoms with Crippen LogP contribution in [0.2, 0.25) is 0 Å². The number of fused-ring (bicyclic) bond motifs is 1. The number of rotatable bonds is 4. The topological polar surface area (TPSA) is 73.6 Å². The van der Waals surface area contributed by atoms with Crippen LogP contribution in [-0.2, 0) is 9.47 Å². The van der Waals surface area contributed by atoms with Crippen LogP contribution in [0.4, 0.5) is 5.82 Å². The van der Waals surface area contributed by atoms with Gasteiger partial charge in [-0.15, -0.1) is 0 Å². The predicted octanol–water partition coefficient (Wildman–Crippen LogP) is 1.35. The highest BCUT2D eigenvalue weighted by Crippen LogP contribution is 2.26. The van der Waals surface area contributed by atoms with Crippen molar-refractivity contribution in [3.8, 4) is 0 Å². The summed E-state index contributed by atoms with van der Waals surface area (Å²) in [4.78, 5) is 8.59. The number of nitrogens with one attached hydrogen (secondary N) is 1. The molecule has 1 N–H and O–H groups in total. The molecular formula is C14H21N5O2. The molecule has 1 aliphatic rings. The van der Waals surface area contributed by atoms with Crippen LogP contribution in [0.3, 0.4) is 0 Å². The largest absolute Gasteiger partial charge is 0.381 e. The van der Waals surface area contributed by atoms with Crippen LogP contribution in [0.5, 0.6) is 0 Å². The first kappa shape index (κ1) is 14.2. The molecule has 1 saturated heterocycles. The number of aromatic nitrogens is 4. The smallest absolute Gasteiger partial charge is 0.254 e. The fraction of sp³-hybridized carbons (Fsp3) is 0.643. The van der Waals surface area contributed by atoms with Gasteiger partial charge >= 0.3 is 0 Å². The lowest BCUT2D eigenvalue weighted by atomic mass is 9.94. The molecule has 2 aromatic rings. The van der Waals surface area contributed by atoms with E-state index < -0.39 is 0 Å². The number of ether oxygens (including phenoxy) is 2. The van der Waals surface area contributed by atoms with Gasteiger partial charge in [0.1, 0.15) is 12.1 Å². The van der Waals surface area contributed by atoms with Gasteiger partial charge in [0.2, 0.25) is 0 Å². The number of nitrogens with zero attached hydrogens (tertiary/aromatic N) is 4. The van der Waals surface area contributed by atoms with Crippen molar-refractivity contribution >= 4 is 11.6 Å². The SMILES string of the molecule is COC1(CNc2c(C)c(C)nc3ncnn23)CCOCC1. The summed E-state index contributed by atoms with van der Waals surface area (Å²) in [5, 5.41) is 7.73. The van der Waals surface area contributed by atoms with Crippen LogP contribution in [0.1, 0.15) is 24.1 Å². The molecular weight excluding hydrogens is 270 g/mol. The number of anilines is 1. The molecule has 0 saturated carbocycles. The highest BCUT2D eigenvalue weighted by molar-refractivity contribution is 5.52. The fourth-order valence-electron chi connectivity index (χ4n) is 2.68. The van der Waals surface area contributed by atoms with Crippen LogP contribution in [0, 0.1) is 13.8 Å². The Bertz CT molecular complexity index is 634. The quantitative estimate of drug-likeness (QED) is 0.916. The second kappa shape index (κ2) is 5.57. The van der Waals surface area contributed by atoms with Crippen LogP contribution < -0.4 is 5.32 Å². The van der Waals surface area contributed by atoms with Crippen molar-refractivity contribution < 1.29 is 9.47 Å². The van der Waals surface area contributed by atoms with E-state index in [0.717, 1.165) is 43.1 Å². The molecule has 0 atom stereocenters. The van der Waals surface area contributed by atoms with Crippen molar-refractivity contribution in [3.63, 3.8) is 0 Å². The van der Waals surface area contributed by atoms with E-state index in [0.29, 0.717) is 12.3 Å². The van der Waals surface area contributed by atoms with Crippen LogP contribution in [0.25, 0.3) is 5.78 Å². The first-order chi connectivity index (χ1) is 10.2. The van der Waals surface area contributed by atoms with Gasteiger partial charge in [-0.05, 0) is 13.8 Å². The Morgan fingerprint density at radius 2 is 2.14 bits per heavy atom. The summed E-state index contributed by atoms with van der Waals surface area (Å²) in [5.41, 5.74) is 1.84. The third kappa shape index (κ3) is 2.58. The highest BCUT2D eigenvalue weighted by atomic mass is 16.5. The lowest BCUT2D eigenvalue weighted by Gasteiger charge is -2.36. The molecule has 7 heteroatoms. The van der Waals surface area contributed by atoms with E-state index in [1.165, 1.54) is 6.33 Å². The normalized spacial score (nSPS) is 18.0. The predicted molar refractivity (Wildman–Crippen MR) is 78.5 cm³/mol. The van der Waals surface area contributed by atoms with Crippen LogP contribution >= 0.6 is 0 Å². The maximum Gasteiger partial charge on any atom is 0.254 e. The van der Waals surface area contributed by atoms with Crippen molar-refractivity contribution in [1.29, 1.82) is 0 Å². The second-order valence-electron chi connectivity index (χ2n) is 5.50. The molecule has 0 aromatic carbocycles. The molecule has 3 heterocycles. The maximum atomic E-state index is 5.76. The third-order valence-electron chi connectivity index (χ3n) is 4.32. The first-order valence-corrected chi connectivity index (χ1v) is 7.19. The molecule has 0 aliphatic carbocycles. The van der Waals surface area contributed by atoms with Crippen molar-refractivity contribution in [2.75, 3.05) is 32.2 Å². The van der Waals surface area contributed by atoms with Gasteiger partial charge in [-0.2, -0.15) is 14.6 Å². The number of aryl methyl sites for hydroxylation is 1. The monoisotopic (exact) mass is 291 g/mol. The van der Waals surface area contributed by atoms with E-state index in [1.54, 1.807) is 11.6 Å². The number of hydrogen-bond acceptors (Lipinski definition) is 6. The van der Waals surface area contributed by atoms with Gasteiger partial charge in [0.15, 0.2) is 0 Å². The lowest BCUT2D eigenvalue weighted by molar-refractivity contribution is -0.0807. The molecule has 21 heavy (non-hydrogen) atoms. The van der Waals surface area contributed by atoms with E-state index in [2.05, 4.69) is 20.4 Å². The zero-order valence-electron chi connectivity index (χ0n) is 12.7. The van der Waals surface area contributed by atoms with Gasteiger partial charge < -0.3 is 14.8 Å². The molecule has 2 aromatic heterocycles. The molecule has 3 rings (SSSR count). The molecule has 1 fully saturated rings. The molecule has 0 bridgehead atoms. The maximum absolute atomic E-state index is 5.76. The Labute approximate surface area is 123 Å².